The lowest BCUT2D eigenvalue weighted by atomic mass is 10.1. The van der Waals surface area contributed by atoms with Gasteiger partial charge in [-0.1, -0.05) is 35.4 Å². The van der Waals surface area contributed by atoms with E-state index in [0.717, 1.165) is 12.3 Å². The van der Waals surface area contributed by atoms with Crippen LogP contribution in [0, 0.1) is 34.6 Å². The summed E-state index contributed by atoms with van der Waals surface area (Å²) < 4.78 is 5.85. The lowest BCUT2D eigenvalue weighted by molar-refractivity contribution is 0.330. The van der Waals surface area contributed by atoms with Crippen molar-refractivity contribution >= 4 is 5.69 Å². The predicted octanol–water partition coefficient (Wildman–Crippen LogP) is 4.72. The number of ether oxygens (including phenoxy) is 1. The van der Waals surface area contributed by atoms with Gasteiger partial charge in [0.05, 0.1) is 0 Å². The quantitative estimate of drug-likeness (QED) is 0.802. The van der Waals surface area contributed by atoms with Crippen molar-refractivity contribution < 1.29 is 4.74 Å². The molecule has 0 aliphatic carbocycles. The molecular formula is C19H25NO. The molecule has 0 aliphatic rings. The van der Waals surface area contributed by atoms with E-state index in [9.17, 15) is 0 Å². The molecule has 0 saturated carbocycles. The van der Waals surface area contributed by atoms with Gasteiger partial charge in [-0.25, -0.2) is 0 Å². The number of aryl methyl sites for hydroxylation is 5. The summed E-state index contributed by atoms with van der Waals surface area (Å²) in [5.41, 5.74) is 7.58. The monoisotopic (exact) mass is 283 g/mol. The Bertz CT molecular complexity index is 608. The van der Waals surface area contributed by atoms with Gasteiger partial charge in [-0.2, -0.15) is 0 Å². The SMILES string of the molecule is Cc1ccc(OCCNc2c(C)cc(C)cc2C)c(C)c1. The lowest BCUT2D eigenvalue weighted by Crippen LogP contribution is -2.13. The molecule has 0 saturated heterocycles. The second-order valence-corrected chi connectivity index (χ2v) is 5.82. The Morgan fingerprint density at radius 1 is 0.810 bits per heavy atom. The van der Waals surface area contributed by atoms with E-state index in [4.69, 9.17) is 4.74 Å². The zero-order chi connectivity index (χ0) is 15.4. The molecule has 112 valence electrons. The molecule has 0 radical (unpaired) electrons. The van der Waals surface area contributed by atoms with Crippen LogP contribution in [0.3, 0.4) is 0 Å². The molecule has 0 bridgehead atoms. The van der Waals surface area contributed by atoms with E-state index in [1.807, 2.05) is 6.07 Å². The summed E-state index contributed by atoms with van der Waals surface area (Å²) in [6.07, 6.45) is 0. The third-order valence-electron chi connectivity index (χ3n) is 3.67. The summed E-state index contributed by atoms with van der Waals surface area (Å²) in [7, 11) is 0. The van der Waals surface area contributed by atoms with Crippen LogP contribution in [0.2, 0.25) is 0 Å². The van der Waals surface area contributed by atoms with Crippen LogP contribution in [0.1, 0.15) is 27.8 Å². The molecular weight excluding hydrogens is 258 g/mol. The summed E-state index contributed by atoms with van der Waals surface area (Å²) in [6.45, 7) is 12.1. The van der Waals surface area contributed by atoms with Crippen LogP contribution < -0.4 is 10.1 Å². The van der Waals surface area contributed by atoms with Gasteiger partial charge in [-0.3, -0.25) is 0 Å². The minimum atomic E-state index is 0.663. The molecule has 0 aliphatic heterocycles. The zero-order valence-electron chi connectivity index (χ0n) is 13.7. The van der Waals surface area contributed by atoms with Crippen molar-refractivity contribution in [2.75, 3.05) is 18.5 Å². The number of anilines is 1. The molecule has 0 aromatic heterocycles. The Kier molecular flexibility index (Phi) is 4.89. The van der Waals surface area contributed by atoms with Gasteiger partial charge >= 0.3 is 0 Å². The Morgan fingerprint density at radius 2 is 1.43 bits per heavy atom. The maximum Gasteiger partial charge on any atom is 0.122 e. The van der Waals surface area contributed by atoms with Gasteiger partial charge in [0, 0.05) is 12.2 Å². The Balaban J connectivity index is 1.90. The average Bonchev–Trinajstić information content (AvgIpc) is 2.38. The molecule has 0 heterocycles. The van der Waals surface area contributed by atoms with Crippen molar-refractivity contribution in [1.29, 1.82) is 0 Å². The topological polar surface area (TPSA) is 21.3 Å². The Morgan fingerprint density at radius 3 is 2.05 bits per heavy atom. The van der Waals surface area contributed by atoms with Crippen molar-refractivity contribution in [3.05, 3.63) is 58.1 Å². The summed E-state index contributed by atoms with van der Waals surface area (Å²) in [6, 6.07) is 10.7. The molecule has 1 N–H and O–H groups in total. The first-order chi connectivity index (χ1) is 9.97. The third-order valence-corrected chi connectivity index (χ3v) is 3.67. The molecule has 0 amide bonds. The van der Waals surface area contributed by atoms with Crippen LogP contribution in [0.15, 0.2) is 30.3 Å². The first-order valence-corrected chi connectivity index (χ1v) is 7.49. The fourth-order valence-electron chi connectivity index (χ4n) is 2.76. The molecule has 2 rings (SSSR count). The Labute approximate surface area is 128 Å². The highest BCUT2D eigenvalue weighted by molar-refractivity contribution is 5.58. The van der Waals surface area contributed by atoms with Gasteiger partial charge in [0.1, 0.15) is 12.4 Å². The number of benzene rings is 2. The van der Waals surface area contributed by atoms with Gasteiger partial charge in [0.25, 0.3) is 0 Å². The molecule has 0 atom stereocenters. The zero-order valence-corrected chi connectivity index (χ0v) is 13.7. The minimum Gasteiger partial charge on any atom is -0.491 e. The van der Waals surface area contributed by atoms with E-state index >= 15 is 0 Å². The average molecular weight is 283 g/mol. The van der Waals surface area contributed by atoms with Crippen molar-refractivity contribution in [3.63, 3.8) is 0 Å². The van der Waals surface area contributed by atoms with Gasteiger partial charge < -0.3 is 10.1 Å². The lowest BCUT2D eigenvalue weighted by Gasteiger charge is -2.15. The van der Waals surface area contributed by atoms with E-state index in [1.165, 1.54) is 33.5 Å². The first-order valence-electron chi connectivity index (χ1n) is 7.49. The summed E-state index contributed by atoms with van der Waals surface area (Å²) in [5.74, 6) is 0.972. The van der Waals surface area contributed by atoms with Crippen LogP contribution in [0.4, 0.5) is 5.69 Å². The molecule has 0 spiro atoms. The van der Waals surface area contributed by atoms with E-state index in [0.29, 0.717) is 6.61 Å². The summed E-state index contributed by atoms with van der Waals surface area (Å²) >= 11 is 0. The second kappa shape index (κ2) is 6.66. The van der Waals surface area contributed by atoms with Crippen molar-refractivity contribution in [1.82, 2.24) is 0 Å². The van der Waals surface area contributed by atoms with Crippen molar-refractivity contribution in [3.8, 4) is 5.75 Å². The highest BCUT2D eigenvalue weighted by Gasteiger charge is 2.04. The smallest absolute Gasteiger partial charge is 0.122 e. The van der Waals surface area contributed by atoms with Crippen LogP contribution >= 0.6 is 0 Å². The van der Waals surface area contributed by atoms with Crippen LogP contribution in [0.25, 0.3) is 0 Å². The van der Waals surface area contributed by atoms with Crippen molar-refractivity contribution in [2.24, 2.45) is 0 Å². The fourth-order valence-corrected chi connectivity index (χ4v) is 2.76. The van der Waals surface area contributed by atoms with Crippen LogP contribution in [-0.2, 0) is 0 Å². The standard InChI is InChI=1S/C19H25NO/c1-13-6-7-18(15(3)10-13)21-9-8-20-19-16(4)11-14(2)12-17(19)5/h6-7,10-12,20H,8-9H2,1-5H3. The molecule has 2 aromatic carbocycles. The van der Waals surface area contributed by atoms with Gasteiger partial charge in [-0.05, 0) is 57.4 Å². The number of rotatable bonds is 5. The summed E-state index contributed by atoms with van der Waals surface area (Å²) in [4.78, 5) is 0. The molecule has 2 heteroatoms. The molecule has 2 aromatic rings. The molecule has 0 fully saturated rings. The van der Waals surface area contributed by atoms with Crippen LogP contribution in [0.5, 0.6) is 5.75 Å². The normalized spacial score (nSPS) is 10.5. The minimum absolute atomic E-state index is 0.663. The Hall–Kier alpha value is -1.96. The van der Waals surface area contributed by atoms with Crippen LogP contribution in [-0.4, -0.2) is 13.2 Å². The highest BCUT2D eigenvalue weighted by atomic mass is 16.5. The largest absolute Gasteiger partial charge is 0.491 e. The van der Waals surface area contributed by atoms with Crippen molar-refractivity contribution in [2.45, 2.75) is 34.6 Å². The van der Waals surface area contributed by atoms with E-state index in [-0.39, 0.29) is 0 Å². The number of nitrogens with one attached hydrogen (secondary N) is 1. The van der Waals surface area contributed by atoms with E-state index in [2.05, 4.69) is 64.2 Å². The van der Waals surface area contributed by atoms with E-state index in [1.54, 1.807) is 0 Å². The van der Waals surface area contributed by atoms with Gasteiger partial charge in [0.2, 0.25) is 0 Å². The van der Waals surface area contributed by atoms with E-state index < -0.39 is 0 Å². The number of hydrogen-bond donors (Lipinski definition) is 1. The molecule has 21 heavy (non-hydrogen) atoms. The maximum absolute atomic E-state index is 5.85. The third kappa shape index (κ3) is 4.01. The first kappa shape index (κ1) is 15.4. The summed E-state index contributed by atoms with van der Waals surface area (Å²) in [5, 5.41) is 3.48. The second-order valence-electron chi connectivity index (χ2n) is 5.82. The maximum atomic E-state index is 5.85. The van der Waals surface area contributed by atoms with Gasteiger partial charge in [0.15, 0.2) is 0 Å². The van der Waals surface area contributed by atoms with Gasteiger partial charge in [-0.15, -0.1) is 0 Å². The molecule has 0 unspecified atom stereocenters. The fraction of sp³-hybridized carbons (Fsp3) is 0.368. The predicted molar refractivity (Wildman–Crippen MR) is 90.6 cm³/mol. The molecule has 2 nitrogen and oxygen atoms in total. The highest BCUT2D eigenvalue weighted by Crippen LogP contribution is 2.22. The number of hydrogen-bond acceptors (Lipinski definition) is 2.